The minimum atomic E-state index is -3.33. The molecule has 0 unspecified atom stereocenters. The van der Waals surface area contributed by atoms with E-state index in [-0.39, 0.29) is 40.9 Å². The van der Waals surface area contributed by atoms with Gasteiger partial charge >= 0.3 is 134 Å². The van der Waals surface area contributed by atoms with Crippen molar-refractivity contribution in [3.8, 4) is 11.9 Å². The molecule has 0 saturated heterocycles. The first kappa shape index (κ1) is 19.8. The van der Waals surface area contributed by atoms with Crippen molar-refractivity contribution < 1.29 is 17.9 Å². The van der Waals surface area contributed by atoms with Gasteiger partial charge in [0.15, 0.2) is 0 Å². The van der Waals surface area contributed by atoms with E-state index in [1.54, 1.807) is 34.8 Å². The molecule has 2 aromatic rings. The Bertz CT molecular complexity index is 969. The maximum absolute atomic E-state index is 12.3. The first-order valence-electron chi connectivity index (χ1n) is 7.44. The van der Waals surface area contributed by atoms with Crippen LogP contribution in [-0.4, -0.2) is 41.6 Å². The minimum Gasteiger partial charge on any atom is -0.192 e. The molecule has 0 aliphatic heterocycles. The fourth-order valence-corrected chi connectivity index (χ4v) is 3.31. The topological polar surface area (TPSA) is 135 Å². The Hall–Kier alpha value is -2.56. The van der Waals surface area contributed by atoms with Gasteiger partial charge in [-0.25, -0.2) is 0 Å². The van der Waals surface area contributed by atoms with E-state index >= 15 is 0 Å². The van der Waals surface area contributed by atoms with Crippen molar-refractivity contribution in [2.24, 2.45) is 0 Å². The Labute approximate surface area is 158 Å². The van der Waals surface area contributed by atoms with E-state index in [1.807, 2.05) is 6.07 Å². The van der Waals surface area contributed by atoms with Crippen molar-refractivity contribution in [2.75, 3.05) is 12.3 Å². The number of anilines is 1. The summed E-state index contributed by atoms with van der Waals surface area (Å²) in [6.45, 7) is 2.17. The Morgan fingerprint density at radius 1 is 1.38 bits per heavy atom. The average molecular weight is 434 g/mol. The number of nitrogens with one attached hydrogen (secondary N) is 1. The second-order valence-corrected chi connectivity index (χ2v) is 9.57. The molecule has 1 aromatic heterocycles. The number of ether oxygens (including phenoxy) is 1. The Morgan fingerprint density at radius 2 is 2.04 bits per heavy atom. The van der Waals surface area contributed by atoms with Crippen molar-refractivity contribution in [3.05, 3.63) is 47.2 Å². The van der Waals surface area contributed by atoms with Gasteiger partial charge in [0.25, 0.3) is 0 Å². The van der Waals surface area contributed by atoms with Crippen LogP contribution in [0.1, 0.15) is 28.5 Å². The first-order chi connectivity index (χ1) is 12.3. The van der Waals surface area contributed by atoms with Crippen molar-refractivity contribution in [1.82, 2.24) is 10.3 Å². The van der Waals surface area contributed by atoms with E-state index in [9.17, 15) is 13.2 Å². The molecule has 0 fully saturated rings. The summed E-state index contributed by atoms with van der Waals surface area (Å²) in [6, 6.07) is 9.33. The fraction of sp³-hybridized carbons (Fsp3) is 0.188. The number of carbonyl (C=O) groups is 1. The zero-order valence-electron chi connectivity index (χ0n) is 13.8. The van der Waals surface area contributed by atoms with E-state index in [2.05, 4.69) is 10.3 Å². The zero-order chi connectivity index (χ0) is 19.3. The molecule has 2 rings (SSSR count). The van der Waals surface area contributed by atoms with E-state index in [0.717, 1.165) is 0 Å². The molecule has 0 bridgehead atoms. The molecule has 1 amide bonds. The van der Waals surface area contributed by atoms with Gasteiger partial charge in [0.05, 0.1) is 6.61 Å². The number of rotatable bonds is 6. The summed E-state index contributed by atoms with van der Waals surface area (Å²) in [5.74, 6) is -0.484. The van der Waals surface area contributed by atoms with E-state index < -0.39 is 14.0 Å². The molecule has 26 heavy (non-hydrogen) atoms. The molecule has 3 N–H and O–H groups in total. The van der Waals surface area contributed by atoms with Crippen LogP contribution in [0.2, 0.25) is 0 Å². The van der Waals surface area contributed by atoms with Crippen LogP contribution in [0.25, 0.3) is 0 Å². The Kier molecular flexibility index (Phi) is 6.24. The number of nitrogen functional groups attached to an aromatic ring is 1. The molecule has 0 saturated carbocycles. The Morgan fingerprint density at radius 3 is 2.58 bits per heavy atom. The standard InChI is InChI=1S/C16H15AsN4O4S/c1-2-25-16-12(8-18)13(19)7-14(21-16)15(22)20-9-10-3-5-11(6-4-10)26(17,23)24/h3-7H,2,9H2,1H3,(H2,19,21)(H,20,22). The van der Waals surface area contributed by atoms with Gasteiger partial charge in [-0.2, -0.15) is 5.26 Å². The maximum atomic E-state index is 12.3. The van der Waals surface area contributed by atoms with Crippen molar-refractivity contribution >= 4 is 35.4 Å². The van der Waals surface area contributed by atoms with Crippen molar-refractivity contribution in [3.63, 3.8) is 0 Å². The smallest absolute Gasteiger partial charge is 0.192 e. The number of benzene rings is 1. The molecular weight excluding hydrogens is 419 g/mol. The number of pyridine rings is 1. The minimum absolute atomic E-state index is 0.00998. The molecule has 0 aliphatic rings. The van der Waals surface area contributed by atoms with Crippen LogP contribution in [0.3, 0.4) is 0 Å². The van der Waals surface area contributed by atoms with Gasteiger partial charge in [-0.1, -0.05) is 0 Å². The SMILES string of the molecule is CCOc1nc(C(=O)NCc2ccc(S(=O)(=O)[As])cc2)cc(N)c1C#N. The number of aromatic nitrogens is 1. The number of carbonyl (C=O) groups excluding carboxylic acids is 1. The number of amides is 1. The van der Waals surface area contributed by atoms with Crippen LogP contribution in [0.4, 0.5) is 5.69 Å². The first-order valence-corrected chi connectivity index (χ1v) is 11.2. The van der Waals surface area contributed by atoms with Gasteiger partial charge in [0.1, 0.15) is 6.07 Å². The second kappa shape index (κ2) is 8.21. The quantitative estimate of drug-likeness (QED) is 0.640. The predicted octanol–water partition coefficient (Wildman–Crippen LogP) is 0.721. The van der Waals surface area contributed by atoms with E-state index in [0.29, 0.717) is 5.56 Å². The van der Waals surface area contributed by atoms with Crippen LogP contribution in [0.5, 0.6) is 5.88 Å². The summed E-state index contributed by atoms with van der Waals surface area (Å²) in [7, 11) is -3.33. The molecule has 0 atom stereocenters. The van der Waals surface area contributed by atoms with Crippen LogP contribution in [0, 0.1) is 11.3 Å². The predicted molar refractivity (Wildman–Crippen MR) is 95.1 cm³/mol. The average Bonchev–Trinajstić information content (AvgIpc) is 2.59. The second-order valence-electron chi connectivity index (χ2n) is 5.12. The third-order valence-electron chi connectivity index (χ3n) is 3.32. The summed E-state index contributed by atoms with van der Waals surface area (Å²) in [4.78, 5) is 16.5. The third kappa shape index (κ3) is 4.75. The number of nitrogens with two attached hydrogens (primary N) is 1. The van der Waals surface area contributed by atoms with Crippen LogP contribution >= 0.6 is 0 Å². The van der Waals surface area contributed by atoms with Gasteiger partial charge in [0, 0.05) is 0 Å². The van der Waals surface area contributed by atoms with Crippen LogP contribution < -0.4 is 15.8 Å². The molecule has 8 nitrogen and oxygen atoms in total. The third-order valence-corrected chi connectivity index (χ3v) is 5.51. The molecule has 0 spiro atoms. The van der Waals surface area contributed by atoms with E-state index in [1.165, 1.54) is 18.2 Å². The summed E-state index contributed by atoms with van der Waals surface area (Å²) < 4.78 is 28.1. The zero-order valence-corrected chi connectivity index (χ0v) is 16.5. The van der Waals surface area contributed by atoms with Gasteiger partial charge in [-0.3, -0.25) is 0 Å². The van der Waals surface area contributed by atoms with Gasteiger partial charge in [-0.15, -0.1) is 0 Å². The van der Waals surface area contributed by atoms with Crippen molar-refractivity contribution in [2.45, 2.75) is 18.4 Å². The summed E-state index contributed by atoms with van der Waals surface area (Å²) in [5.41, 5.74) is 6.71. The number of hydrogen-bond donors (Lipinski definition) is 2. The van der Waals surface area contributed by atoms with Crippen LogP contribution in [-0.2, 0) is 14.6 Å². The fourth-order valence-electron chi connectivity index (χ4n) is 2.06. The summed E-state index contributed by atoms with van der Waals surface area (Å²) >= 11 is 1.61. The Balaban J connectivity index is 2.14. The monoisotopic (exact) mass is 434 g/mol. The van der Waals surface area contributed by atoms with Gasteiger partial charge in [0.2, 0.25) is 0 Å². The van der Waals surface area contributed by atoms with Gasteiger partial charge < -0.3 is 0 Å². The molecule has 1 heterocycles. The molecule has 2 radical (unpaired) electrons. The number of nitriles is 1. The molecule has 0 aliphatic carbocycles. The van der Waals surface area contributed by atoms with Gasteiger partial charge in [-0.05, 0) is 6.92 Å². The molecular formula is C16H15AsN4O4S. The number of hydrogen-bond acceptors (Lipinski definition) is 7. The van der Waals surface area contributed by atoms with Crippen molar-refractivity contribution in [1.29, 1.82) is 5.26 Å². The van der Waals surface area contributed by atoms with Crippen LogP contribution in [0.15, 0.2) is 35.2 Å². The molecule has 10 heteroatoms. The van der Waals surface area contributed by atoms with E-state index in [4.69, 9.17) is 15.7 Å². The molecule has 1 aromatic carbocycles. The number of nitrogens with zero attached hydrogens (tertiary/aromatic N) is 2. The molecule has 134 valence electrons. The summed E-state index contributed by atoms with van der Waals surface area (Å²) in [6.07, 6.45) is 0. The normalized spacial score (nSPS) is 10.8. The summed E-state index contributed by atoms with van der Waals surface area (Å²) in [5, 5.41) is 11.8.